The van der Waals surface area contributed by atoms with Crippen molar-refractivity contribution in [1.82, 2.24) is 14.1 Å². The number of nitrogens with zero attached hydrogens (tertiary/aromatic N) is 3. The maximum atomic E-state index is 4.78. The van der Waals surface area contributed by atoms with Gasteiger partial charge in [-0.15, -0.1) is 0 Å². The maximum absolute atomic E-state index is 4.78. The van der Waals surface area contributed by atoms with Crippen molar-refractivity contribution in [2.45, 2.75) is 0 Å². The molecule has 0 N–H and O–H groups in total. The van der Waals surface area contributed by atoms with E-state index in [9.17, 15) is 0 Å². The van der Waals surface area contributed by atoms with E-state index in [4.69, 9.17) is 4.98 Å². The smallest absolute Gasteiger partial charge is 0.131 e. The third-order valence-corrected chi connectivity index (χ3v) is 6.57. The van der Waals surface area contributed by atoms with E-state index in [0.717, 1.165) is 33.4 Å². The average Bonchev–Trinajstić information content (AvgIpc) is 3.42. The van der Waals surface area contributed by atoms with Gasteiger partial charge in [0.25, 0.3) is 0 Å². The van der Waals surface area contributed by atoms with Gasteiger partial charge < -0.3 is 0 Å². The van der Waals surface area contributed by atoms with Crippen LogP contribution in [0.2, 0.25) is 0 Å². The minimum Gasteiger partial charge on any atom is -0.295 e. The van der Waals surface area contributed by atoms with Crippen molar-refractivity contribution in [2.75, 3.05) is 0 Å². The van der Waals surface area contributed by atoms with Gasteiger partial charge in [-0.25, -0.2) is 0 Å². The van der Waals surface area contributed by atoms with Gasteiger partial charge >= 0.3 is 0 Å². The third-order valence-electron chi connectivity index (χ3n) is 6.57. The second kappa shape index (κ2) is 7.46. The van der Waals surface area contributed by atoms with Gasteiger partial charge in [0, 0.05) is 28.2 Å². The van der Waals surface area contributed by atoms with E-state index in [-0.39, 0.29) is 0 Å². The fourth-order valence-electron chi connectivity index (χ4n) is 5.18. The summed E-state index contributed by atoms with van der Waals surface area (Å²) < 4.78 is 4.77. The van der Waals surface area contributed by atoms with Crippen molar-refractivity contribution < 1.29 is 0 Å². The lowest BCUT2D eigenvalue weighted by Crippen LogP contribution is -2.05. The van der Waals surface area contributed by atoms with Gasteiger partial charge in [0.15, 0.2) is 0 Å². The summed E-state index contributed by atoms with van der Waals surface area (Å²) >= 11 is 0. The van der Waals surface area contributed by atoms with Gasteiger partial charge in [0.2, 0.25) is 0 Å². The molecule has 7 rings (SSSR count). The minimum absolute atomic E-state index is 1.02. The Morgan fingerprint density at radius 1 is 0.471 bits per heavy atom. The average molecular weight is 436 g/mol. The number of fused-ring (bicyclic) bond motifs is 4. The Morgan fingerprint density at radius 3 is 1.82 bits per heavy atom. The van der Waals surface area contributed by atoms with Crippen LogP contribution < -0.4 is 0 Å². The second-order valence-corrected chi connectivity index (χ2v) is 8.48. The molecular weight excluding hydrogens is 414 g/mol. The second-order valence-electron chi connectivity index (χ2n) is 8.48. The van der Waals surface area contributed by atoms with Crippen molar-refractivity contribution in [3.63, 3.8) is 0 Å². The molecule has 3 aromatic heterocycles. The van der Waals surface area contributed by atoms with Gasteiger partial charge in [-0.2, -0.15) is 0 Å². The molecular formula is C31H21N3. The normalized spacial score (nSPS) is 11.5. The largest absolute Gasteiger partial charge is 0.295 e. The van der Waals surface area contributed by atoms with Crippen LogP contribution in [-0.2, 0) is 0 Å². The molecule has 4 aromatic carbocycles. The molecule has 3 heteroatoms. The lowest BCUT2D eigenvalue weighted by molar-refractivity contribution is 1.00. The molecule has 0 radical (unpaired) electrons. The van der Waals surface area contributed by atoms with E-state index in [0.29, 0.717) is 0 Å². The fourth-order valence-corrected chi connectivity index (χ4v) is 5.18. The van der Waals surface area contributed by atoms with Crippen molar-refractivity contribution in [1.29, 1.82) is 0 Å². The number of para-hydroxylation sites is 3. The Bertz CT molecular complexity index is 1660. The molecule has 0 saturated heterocycles. The third kappa shape index (κ3) is 2.67. The molecule has 7 aromatic rings. The molecule has 0 fully saturated rings. The molecule has 34 heavy (non-hydrogen) atoms. The Morgan fingerprint density at radius 2 is 1.06 bits per heavy atom. The van der Waals surface area contributed by atoms with Crippen molar-refractivity contribution in [3.8, 4) is 22.6 Å². The van der Waals surface area contributed by atoms with Gasteiger partial charge in [-0.3, -0.25) is 14.1 Å². The van der Waals surface area contributed by atoms with Crippen LogP contribution in [0, 0.1) is 0 Å². The number of hydrogen-bond acceptors (Lipinski definition) is 1. The van der Waals surface area contributed by atoms with Crippen LogP contribution >= 0.6 is 0 Å². The van der Waals surface area contributed by atoms with Gasteiger partial charge in [-0.1, -0.05) is 84.9 Å². The SMILES string of the molecule is c1ccc(-c2c(-n3c4ccccc4c4ncccc43)n(-c3ccccc3)c3ccccc23)cc1. The predicted octanol–water partition coefficient (Wildman–Crippen LogP) is 7.79. The molecule has 0 bridgehead atoms. The summed E-state index contributed by atoms with van der Waals surface area (Å²) in [6.07, 6.45) is 1.88. The summed E-state index contributed by atoms with van der Waals surface area (Å²) in [5, 5.41) is 2.38. The Labute approximate surface area is 197 Å². The lowest BCUT2D eigenvalue weighted by Gasteiger charge is -2.16. The number of rotatable bonds is 3. The van der Waals surface area contributed by atoms with Gasteiger partial charge in [-0.05, 0) is 42.0 Å². The Kier molecular flexibility index (Phi) is 4.15. The van der Waals surface area contributed by atoms with Crippen LogP contribution in [0.25, 0.3) is 55.5 Å². The van der Waals surface area contributed by atoms with Crippen LogP contribution in [0.1, 0.15) is 0 Å². The summed E-state index contributed by atoms with van der Waals surface area (Å²) in [4.78, 5) is 4.78. The molecule has 0 atom stereocenters. The predicted molar refractivity (Wildman–Crippen MR) is 141 cm³/mol. The first kappa shape index (κ1) is 18.9. The van der Waals surface area contributed by atoms with E-state index in [1.54, 1.807) is 0 Å². The van der Waals surface area contributed by atoms with E-state index < -0.39 is 0 Å². The highest BCUT2D eigenvalue weighted by Crippen LogP contribution is 2.42. The fraction of sp³-hybridized carbons (Fsp3) is 0. The molecule has 160 valence electrons. The van der Waals surface area contributed by atoms with Gasteiger partial charge in [0.05, 0.1) is 22.1 Å². The van der Waals surface area contributed by atoms with Crippen molar-refractivity contribution in [2.24, 2.45) is 0 Å². The zero-order valence-electron chi connectivity index (χ0n) is 18.5. The topological polar surface area (TPSA) is 22.8 Å². The summed E-state index contributed by atoms with van der Waals surface area (Å²) in [6.45, 7) is 0. The molecule has 3 nitrogen and oxygen atoms in total. The van der Waals surface area contributed by atoms with Crippen LogP contribution in [0.5, 0.6) is 0 Å². The number of aromatic nitrogens is 3. The zero-order chi connectivity index (χ0) is 22.5. The van der Waals surface area contributed by atoms with Crippen LogP contribution in [0.15, 0.2) is 128 Å². The maximum Gasteiger partial charge on any atom is 0.131 e. The molecule has 0 amide bonds. The highest BCUT2D eigenvalue weighted by atomic mass is 15.2. The summed E-state index contributed by atoms with van der Waals surface area (Å²) in [6, 6.07) is 42.8. The number of hydrogen-bond donors (Lipinski definition) is 0. The van der Waals surface area contributed by atoms with E-state index in [1.165, 1.54) is 22.0 Å². The molecule has 0 aliphatic carbocycles. The Balaban J connectivity index is 1.76. The quantitative estimate of drug-likeness (QED) is 0.278. The lowest BCUT2D eigenvalue weighted by atomic mass is 10.0. The number of benzene rings is 4. The molecule has 0 unspecified atom stereocenters. The molecule has 3 heterocycles. The number of pyridine rings is 1. The van der Waals surface area contributed by atoms with Crippen LogP contribution in [-0.4, -0.2) is 14.1 Å². The molecule has 0 spiro atoms. The van der Waals surface area contributed by atoms with Crippen LogP contribution in [0.3, 0.4) is 0 Å². The molecule has 0 saturated carbocycles. The van der Waals surface area contributed by atoms with Crippen LogP contribution in [0.4, 0.5) is 0 Å². The molecule has 0 aliphatic rings. The standard InChI is InChI=1S/C31H21N3/c1-3-12-22(13-4-1)29-24-16-7-9-18-26(24)33(23-14-5-2-6-15-23)31(29)34-27-19-10-8-17-25(27)30-28(34)20-11-21-32-30/h1-21H. The summed E-state index contributed by atoms with van der Waals surface area (Å²) in [5.74, 6) is 1.12. The summed E-state index contributed by atoms with van der Waals surface area (Å²) in [7, 11) is 0. The van der Waals surface area contributed by atoms with Crippen molar-refractivity contribution >= 4 is 32.8 Å². The minimum atomic E-state index is 1.02. The Hall–Kier alpha value is -4.63. The highest BCUT2D eigenvalue weighted by molar-refractivity contribution is 6.10. The van der Waals surface area contributed by atoms with E-state index in [1.807, 2.05) is 12.3 Å². The van der Waals surface area contributed by atoms with Gasteiger partial charge in [0.1, 0.15) is 5.82 Å². The molecule has 0 aliphatic heterocycles. The first-order chi connectivity index (χ1) is 16.9. The van der Waals surface area contributed by atoms with Crippen molar-refractivity contribution in [3.05, 3.63) is 128 Å². The summed E-state index contributed by atoms with van der Waals surface area (Å²) in [5.41, 5.74) is 7.98. The monoisotopic (exact) mass is 435 g/mol. The zero-order valence-corrected chi connectivity index (χ0v) is 18.5. The highest BCUT2D eigenvalue weighted by Gasteiger charge is 2.24. The first-order valence-electron chi connectivity index (χ1n) is 11.5. The van der Waals surface area contributed by atoms with E-state index in [2.05, 4.69) is 124 Å². The first-order valence-corrected chi connectivity index (χ1v) is 11.5. The van der Waals surface area contributed by atoms with E-state index >= 15 is 0 Å².